The largest absolute Gasteiger partial charge is 0.508 e. The van der Waals surface area contributed by atoms with Gasteiger partial charge in [-0.25, -0.2) is 8.42 Å². The molecule has 0 heterocycles. The van der Waals surface area contributed by atoms with Crippen LogP contribution in [0, 0.1) is 0 Å². The van der Waals surface area contributed by atoms with E-state index in [9.17, 15) is 18.6 Å². The molecule has 4 nitrogen and oxygen atoms in total. The zero-order chi connectivity index (χ0) is 14.8. The van der Waals surface area contributed by atoms with Crippen LogP contribution in [0.2, 0.25) is 0 Å². The Bertz CT molecular complexity index is 693. The van der Waals surface area contributed by atoms with Gasteiger partial charge in [0.25, 0.3) is 0 Å². The van der Waals surface area contributed by atoms with Crippen molar-refractivity contribution in [1.82, 2.24) is 0 Å². The second-order valence-corrected chi connectivity index (χ2v) is 6.63. The molecule has 20 heavy (non-hydrogen) atoms. The SMILES string of the molecule is CCC(c1ccc(O)cc1O)S(=O)(=O)c1ccccc1. The van der Waals surface area contributed by atoms with Crippen molar-refractivity contribution < 1.29 is 18.6 Å². The lowest BCUT2D eigenvalue weighted by molar-refractivity contribution is 0.444. The second kappa shape index (κ2) is 5.54. The van der Waals surface area contributed by atoms with Crippen LogP contribution >= 0.6 is 0 Å². The highest BCUT2D eigenvalue weighted by Gasteiger charge is 2.29. The maximum atomic E-state index is 12.6. The molecule has 0 saturated heterocycles. The molecule has 2 N–H and O–H groups in total. The van der Waals surface area contributed by atoms with Crippen molar-refractivity contribution in [1.29, 1.82) is 0 Å². The predicted molar refractivity (Wildman–Crippen MR) is 76.4 cm³/mol. The van der Waals surface area contributed by atoms with Gasteiger partial charge in [-0.05, 0) is 24.6 Å². The van der Waals surface area contributed by atoms with Crippen LogP contribution in [0.25, 0.3) is 0 Å². The molecule has 0 fully saturated rings. The maximum absolute atomic E-state index is 12.6. The van der Waals surface area contributed by atoms with Crippen LogP contribution in [0.4, 0.5) is 0 Å². The van der Waals surface area contributed by atoms with Gasteiger partial charge < -0.3 is 10.2 Å². The summed E-state index contributed by atoms with van der Waals surface area (Å²) in [4.78, 5) is 0.222. The van der Waals surface area contributed by atoms with Gasteiger partial charge in [0.2, 0.25) is 0 Å². The molecule has 2 aromatic rings. The van der Waals surface area contributed by atoms with Crippen molar-refractivity contribution in [3.8, 4) is 11.5 Å². The van der Waals surface area contributed by atoms with Crippen molar-refractivity contribution >= 4 is 9.84 Å². The van der Waals surface area contributed by atoms with E-state index < -0.39 is 15.1 Å². The molecule has 0 amide bonds. The van der Waals surface area contributed by atoms with Crippen molar-refractivity contribution in [3.05, 3.63) is 54.1 Å². The highest BCUT2D eigenvalue weighted by molar-refractivity contribution is 7.91. The molecule has 0 aliphatic carbocycles. The Morgan fingerprint density at radius 1 is 1.05 bits per heavy atom. The van der Waals surface area contributed by atoms with E-state index in [4.69, 9.17) is 0 Å². The summed E-state index contributed by atoms with van der Waals surface area (Å²) >= 11 is 0. The summed E-state index contributed by atoms with van der Waals surface area (Å²) in [5.41, 5.74) is 0.300. The fourth-order valence-corrected chi connectivity index (χ4v) is 4.02. The minimum atomic E-state index is -3.58. The summed E-state index contributed by atoms with van der Waals surface area (Å²) in [5.74, 6) is -0.311. The van der Waals surface area contributed by atoms with Crippen LogP contribution < -0.4 is 0 Å². The molecule has 0 aliphatic rings. The van der Waals surface area contributed by atoms with Gasteiger partial charge in [0.05, 0.1) is 10.1 Å². The zero-order valence-corrected chi connectivity index (χ0v) is 11.8. The van der Waals surface area contributed by atoms with Gasteiger partial charge in [-0.1, -0.05) is 31.2 Å². The van der Waals surface area contributed by atoms with Gasteiger partial charge in [0.15, 0.2) is 9.84 Å². The van der Waals surface area contributed by atoms with E-state index in [1.165, 1.54) is 24.3 Å². The Morgan fingerprint density at radius 3 is 2.25 bits per heavy atom. The predicted octanol–water partition coefficient (Wildman–Crippen LogP) is 3.02. The van der Waals surface area contributed by atoms with E-state index >= 15 is 0 Å². The molecule has 1 unspecified atom stereocenters. The Kier molecular flexibility index (Phi) is 3.99. The van der Waals surface area contributed by atoms with E-state index in [0.717, 1.165) is 6.07 Å². The Balaban J connectivity index is 2.52. The van der Waals surface area contributed by atoms with Gasteiger partial charge in [0.1, 0.15) is 11.5 Å². The molecular formula is C15H16O4S. The van der Waals surface area contributed by atoms with Crippen LogP contribution in [-0.4, -0.2) is 18.6 Å². The van der Waals surface area contributed by atoms with Crippen molar-refractivity contribution in [2.24, 2.45) is 0 Å². The minimum Gasteiger partial charge on any atom is -0.508 e. The van der Waals surface area contributed by atoms with Crippen LogP contribution in [0.5, 0.6) is 11.5 Å². The maximum Gasteiger partial charge on any atom is 0.185 e. The summed E-state index contributed by atoms with van der Waals surface area (Å²) in [7, 11) is -3.58. The van der Waals surface area contributed by atoms with Crippen molar-refractivity contribution in [2.45, 2.75) is 23.5 Å². The molecular weight excluding hydrogens is 276 g/mol. The zero-order valence-electron chi connectivity index (χ0n) is 11.0. The lowest BCUT2D eigenvalue weighted by Gasteiger charge is -2.17. The lowest BCUT2D eigenvalue weighted by atomic mass is 10.1. The Hall–Kier alpha value is -2.01. The van der Waals surface area contributed by atoms with Crippen LogP contribution in [0.1, 0.15) is 24.2 Å². The molecule has 0 spiro atoms. The first-order valence-electron chi connectivity index (χ1n) is 6.27. The molecule has 0 aromatic heterocycles. The number of aromatic hydroxyl groups is 2. The monoisotopic (exact) mass is 292 g/mol. The van der Waals surface area contributed by atoms with Gasteiger partial charge in [-0.2, -0.15) is 0 Å². The van der Waals surface area contributed by atoms with Crippen LogP contribution in [0.3, 0.4) is 0 Å². The van der Waals surface area contributed by atoms with Crippen molar-refractivity contribution in [3.63, 3.8) is 0 Å². The minimum absolute atomic E-state index is 0.0989. The lowest BCUT2D eigenvalue weighted by Crippen LogP contribution is -2.13. The molecule has 2 aromatic carbocycles. The van der Waals surface area contributed by atoms with E-state index in [1.54, 1.807) is 25.1 Å². The fourth-order valence-electron chi connectivity index (χ4n) is 2.19. The molecule has 0 saturated carbocycles. The fraction of sp³-hybridized carbons (Fsp3) is 0.200. The average Bonchev–Trinajstić information content (AvgIpc) is 2.43. The average molecular weight is 292 g/mol. The summed E-state index contributed by atoms with van der Waals surface area (Å²) in [6.07, 6.45) is 0.329. The third-order valence-corrected chi connectivity index (χ3v) is 5.44. The second-order valence-electron chi connectivity index (χ2n) is 4.50. The van der Waals surface area contributed by atoms with Crippen LogP contribution in [0.15, 0.2) is 53.4 Å². The number of phenols is 2. The number of hydrogen-bond donors (Lipinski definition) is 2. The highest BCUT2D eigenvalue weighted by atomic mass is 32.2. The van der Waals surface area contributed by atoms with E-state index in [2.05, 4.69) is 0 Å². The molecule has 2 rings (SSSR count). The van der Waals surface area contributed by atoms with Gasteiger partial charge >= 0.3 is 0 Å². The number of phenolic OH excluding ortho intramolecular Hbond substituents is 2. The Morgan fingerprint density at radius 2 is 1.70 bits per heavy atom. The van der Waals surface area contributed by atoms with E-state index in [1.807, 2.05) is 0 Å². The molecule has 5 heteroatoms. The third kappa shape index (κ3) is 2.63. The molecule has 1 atom stereocenters. The van der Waals surface area contributed by atoms with Gasteiger partial charge in [-0.3, -0.25) is 0 Å². The normalized spacial score (nSPS) is 13.1. The van der Waals surface area contributed by atoms with Crippen LogP contribution in [-0.2, 0) is 9.84 Å². The summed E-state index contributed by atoms with van der Waals surface area (Å²) in [6.45, 7) is 1.75. The number of benzene rings is 2. The first kappa shape index (κ1) is 14.4. The highest BCUT2D eigenvalue weighted by Crippen LogP contribution is 2.37. The molecule has 106 valence electrons. The van der Waals surface area contributed by atoms with E-state index in [0.29, 0.717) is 12.0 Å². The first-order valence-corrected chi connectivity index (χ1v) is 7.82. The number of sulfone groups is 1. The Labute approximate surface area is 118 Å². The smallest absolute Gasteiger partial charge is 0.185 e. The quantitative estimate of drug-likeness (QED) is 0.908. The summed E-state index contributed by atoms with van der Waals surface area (Å²) < 4.78 is 25.3. The topological polar surface area (TPSA) is 74.6 Å². The summed E-state index contributed by atoms with van der Waals surface area (Å²) in [5, 5.41) is 18.3. The molecule has 0 aliphatic heterocycles. The molecule has 0 bridgehead atoms. The number of hydrogen-bond acceptors (Lipinski definition) is 4. The number of rotatable bonds is 4. The third-order valence-electron chi connectivity index (χ3n) is 3.18. The molecule has 0 radical (unpaired) electrons. The standard InChI is InChI=1S/C15H16O4S/c1-2-15(13-9-8-11(16)10-14(13)17)20(18,19)12-6-4-3-5-7-12/h3-10,15-17H,2H2,1H3. The van der Waals surface area contributed by atoms with E-state index in [-0.39, 0.29) is 16.4 Å². The first-order chi connectivity index (χ1) is 9.46. The van der Waals surface area contributed by atoms with Crippen molar-refractivity contribution in [2.75, 3.05) is 0 Å². The summed E-state index contributed by atoms with van der Waals surface area (Å²) in [6, 6.07) is 12.1. The van der Waals surface area contributed by atoms with Gasteiger partial charge in [0, 0.05) is 11.6 Å². The van der Waals surface area contributed by atoms with Gasteiger partial charge in [-0.15, -0.1) is 0 Å².